The molecule has 0 radical (unpaired) electrons. The molecule has 0 saturated carbocycles. The van der Waals surface area contributed by atoms with Crippen molar-refractivity contribution in [1.82, 2.24) is 4.98 Å². The minimum atomic E-state index is -0.323. The molecule has 0 fully saturated rings. The molecule has 0 saturated heterocycles. The Morgan fingerprint density at radius 1 is 1.06 bits per heavy atom. The number of fused-ring (bicyclic) bond motifs is 1. The van der Waals surface area contributed by atoms with Crippen LogP contribution in [0.2, 0.25) is 5.02 Å². The van der Waals surface area contributed by atoms with Gasteiger partial charge in [0.2, 0.25) is 5.13 Å². The molecule has 0 aliphatic heterocycles. The Morgan fingerprint density at radius 3 is 2.55 bits per heavy atom. The van der Waals surface area contributed by atoms with Crippen LogP contribution in [0, 0.1) is 0 Å². The number of benzene rings is 2. The van der Waals surface area contributed by atoms with E-state index in [0.29, 0.717) is 28.9 Å². The molecule has 8 heteroatoms. The zero-order valence-corrected chi connectivity index (χ0v) is 18.9. The Labute approximate surface area is 190 Å². The van der Waals surface area contributed by atoms with Gasteiger partial charge < -0.3 is 9.47 Å². The molecule has 3 rings (SSSR count). The van der Waals surface area contributed by atoms with Crippen molar-refractivity contribution in [2.45, 2.75) is 32.6 Å². The van der Waals surface area contributed by atoms with Gasteiger partial charge in [0.05, 0.1) is 29.1 Å². The maximum absolute atomic E-state index is 11.3. The fraction of sp³-hybridized carbons (Fsp3) is 0.304. The Balaban J connectivity index is 1.35. The van der Waals surface area contributed by atoms with Crippen molar-refractivity contribution >= 4 is 49.9 Å². The second-order valence-electron chi connectivity index (χ2n) is 6.98. The number of unbranched alkanes of at least 4 members (excludes halogenated alkanes) is 3. The van der Waals surface area contributed by atoms with Gasteiger partial charge in [-0.25, -0.2) is 9.78 Å². The first-order chi connectivity index (χ1) is 15.0. The van der Waals surface area contributed by atoms with E-state index in [9.17, 15) is 4.79 Å². The number of nitrogens with zero attached hydrogens (tertiary/aromatic N) is 3. The maximum atomic E-state index is 11.3. The van der Waals surface area contributed by atoms with E-state index < -0.39 is 0 Å². The number of halogens is 1. The average Bonchev–Trinajstić information content (AvgIpc) is 3.16. The van der Waals surface area contributed by atoms with E-state index in [1.807, 2.05) is 42.5 Å². The minimum absolute atomic E-state index is 0.323. The lowest BCUT2D eigenvalue weighted by Crippen LogP contribution is -2.06. The third-order valence-electron chi connectivity index (χ3n) is 4.32. The fourth-order valence-corrected chi connectivity index (χ4v) is 3.74. The molecule has 0 bridgehead atoms. The van der Waals surface area contributed by atoms with Gasteiger partial charge in [-0.3, -0.25) is 0 Å². The molecule has 1 aromatic heterocycles. The summed E-state index contributed by atoms with van der Waals surface area (Å²) in [4.78, 5) is 15.7. The highest BCUT2D eigenvalue weighted by Crippen LogP contribution is 2.31. The molecule has 0 unspecified atom stereocenters. The second-order valence-corrected chi connectivity index (χ2v) is 8.43. The summed E-state index contributed by atoms with van der Waals surface area (Å²) >= 11 is 7.45. The van der Waals surface area contributed by atoms with Crippen molar-refractivity contribution in [3.63, 3.8) is 0 Å². The van der Waals surface area contributed by atoms with Crippen molar-refractivity contribution in [3.8, 4) is 5.75 Å². The Hall–Kier alpha value is -2.77. The van der Waals surface area contributed by atoms with Gasteiger partial charge in [-0.1, -0.05) is 29.5 Å². The Bertz CT molecular complexity index is 1060. The monoisotopic (exact) mass is 457 g/mol. The summed E-state index contributed by atoms with van der Waals surface area (Å²) in [5.41, 5.74) is 2.02. The summed E-state index contributed by atoms with van der Waals surface area (Å²) in [5.74, 6) is 0.472. The molecule has 0 N–H and O–H groups in total. The number of hydrogen-bond acceptors (Lipinski definition) is 7. The number of aromatic nitrogens is 1. The van der Waals surface area contributed by atoms with Crippen molar-refractivity contribution in [3.05, 3.63) is 59.6 Å². The predicted octanol–water partition coefficient (Wildman–Crippen LogP) is 7.42. The molecule has 1 heterocycles. The van der Waals surface area contributed by atoms with Gasteiger partial charge in [-0.15, -0.1) is 10.2 Å². The van der Waals surface area contributed by atoms with E-state index in [1.165, 1.54) is 11.3 Å². The van der Waals surface area contributed by atoms with Gasteiger partial charge in [0, 0.05) is 10.6 Å². The van der Waals surface area contributed by atoms with E-state index in [-0.39, 0.29) is 5.97 Å². The first-order valence-corrected chi connectivity index (χ1v) is 11.2. The highest BCUT2D eigenvalue weighted by molar-refractivity contribution is 7.21. The van der Waals surface area contributed by atoms with E-state index in [2.05, 4.69) is 21.8 Å². The van der Waals surface area contributed by atoms with E-state index >= 15 is 0 Å². The van der Waals surface area contributed by atoms with Crippen molar-refractivity contribution in [2.24, 2.45) is 10.2 Å². The molecule has 31 heavy (non-hydrogen) atoms. The second kappa shape index (κ2) is 11.6. The zero-order chi connectivity index (χ0) is 22.1. The highest BCUT2D eigenvalue weighted by atomic mass is 35.5. The van der Waals surface area contributed by atoms with Gasteiger partial charge >= 0.3 is 5.97 Å². The summed E-state index contributed by atoms with van der Waals surface area (Å²) in [5, 5.41) is 9.73. The number of azo groups is 1. The normalized spacial score (nSPS) is 11.2. The number of rotatable bonds is 11. The lowest BCUT2D eigenvalue weighted by Gasteiger charge is -2.06. The smallest absolute Gasteiger partial charge is 0.333 e. The molecule has 2 aromatic carbocycles. The molecular formula is C23H24ClN3O3S. The first kappa shape index (κ1) is 22.9. The number of ether oxygens (including phenoxy) is 2. The van der Waals surface area contributed by atoms with Gasteiger partial charge in [0.1, 0.15) is 5.75 Å². The predicted molar refractivity (Wildman–Crippen MR) is 125 cm³/mol. The molecule has 0 aliphatic carbocycles. The Kier molecular flexibility index (Phi) is 8.55. The standard InChI is InChI=1S/C23H24ClN3O3S/c1-16(2)22(28)30-14-6-4-3-5-13-29-19-10-8-18(9-11-19)26-27-23-25-20-12-7-17(24)15-21(20)31-23/h7-12,15H,1,3-6,13-14H2,2H3. The van der Waals surface area contributed by atoms with E-state index in [1.54, 1.807) is 6.92 Å². The van der Waals surface area contributed by atoms with Crippen LogP contribution in [0.5, 0.6) is 5.75 Å². The molecule has 0 amide bonds. The van der Waals surface area contributed by atoms with Crippen LogP contribution in [-0.4, -0.2) is 24.2 Å². The summed E-state index contributed by atoms with van der Waals surface area (Å²) in [7, 11) is 0. The van der Waals surface area contributed by atoms with Gasteiger partial charge in [0.15, 0.2) is 0 Å². The summed E-state index contributed by atoms with van der Waals surface area (Å²) in [6.07, 6.45) is 3.80. The third kappa shape index (κ3) is 7.45. The highest BCUT2D eigenvalue weighted by Gasteiger charge is 2.04. The molecule has 0 atom stereocenters. The number of carbonyl (C=O) groups is 1. The number of carbonyl (C=O) groups excluding carboxylic acids is 1. The minimum Gasteiger partial charge on any atom is -0.494 e. The average molecular weight is 458 g/mol. The first-order valence-electron chi connectivity index (χ1n) is 10.0. The number of hydrogen-bond donors (Lipinski definition) is 0. The van der Waals surface area contributed by atoms with Crippen molar-refractivity contribution in [1.29, 1.82) is 0 Å². The SMILES string of the molecule is C=C(C)C(=O)OCCCCCCOc1ccc(N=Nc2nc3ccc(Cl)cc3s2)cc1. The maximum Gasteiger partial charge on any atom is 0.333 e. The lowest BCUT2D eigenvalue weighted by molar-refractivity contribution is -0.139. The van der Waals surface area contributed by atoms with Crippen molar-refractivity contribution < 1.29 is 14.3 Å². The summed E-state index contributed by atoms with van der Waals surface area (Å²) < 4.78 is 11.8. The van der Waals surface area contributed by atoms with Crippen LogP contribution in [0.15, 0.2) is 64.8 Å². The topological polar surface area (TPSA) is 73.1 Å². The molecule has 162 valence electrons. The van der Waals surface area contributed by atoms with Crippen LogP contribution in [0.4, 0.5) is 10.8 Å². The largest absolute Gasteiger partial charge is 0.494 e. The third-order valence-corrected chi connectivity index (χ3v) is 5.45. The van der Waals surface area contributed by atoms with Crippen LogP contribution < -0.4 is 4.74 Å². The summed E-state index contributed by atoms with van der Waals surface area (Å²) in [6, 6.07) is 13.0. The Morgan fingerprint density at radius 2 is 1.81 bits per heavy atom. The van der Waals surface area contributed by atoms with E-state index in [4.69, 9.17) is 21.1 Å². The van der Waals surface area contributed by atoms with Gasteiger partial charge in [0.25, 0.3) is 0 Å². The van der Waals surface area contributed by atoms with Crippen LogP contribution in [-0.2, 0) is 9.53 Å². The van der Waals surface area contributed by atoms with E-state index in [0.717, 1.165) is 47.3 Å². The molecule has 3 aromatic rings. The molecule has 0 aliphatic rings. The van der Waals surface area contributed by atoms with Crippen molar-refractivity contribution in [2.75, 3.05) is 13.2 Å². The number of esters is 1. The lowest BCUT2D eigenvalue weighted by atomic mass is 10.2. The summed E-state index contributed by atoms with van der Waals surface area (Å²) in [6.45, 7) is 6.28. The van der Waals surface area contributed by atoms with Crippen LogP contribution >= 0.6 is 22.9 Å². The molecular weight excluding hydrogens is 434 g/mol. The molecule has 6 nitrogen and oxygen atoms in total. The van der Waals surface area contributed by atoms with Crippen LogP contribution in [0.1, 0.15) is 32.6 Å². The number of thiazole rings is 1. The van der Waals surface area contributed by atoms with Gasteiger partial charge in [-0.2, -0.15) is 0 Å². The quantitative estimate of drug-likeness (QED) is 0.130. The van der Waals surface area contributed by atoms with Crippen LogP contribution in [0.3, 0.4) is 0 Å². The van der Waals surface area contributed by atoms with Gasteiger partial charge in [-0.05, 0) is 75.1 Å². The fourth-order valence-electron chi connectivity index (χ4n) is 2.67. The molecule has 0 spiro atoms. The van der Waals surface area contributed by atoms with Crippen LogP contribution in [0.25, 0.3) is 10.2 Å². The zero-order valence-electron chi connectivity index (χ0n) is 17.3.